The van der Waals surface area contributed by atoms with Crippen molar-refractivity contribution in [2.45, 2.75) is 20.4 Å². The summed E-state index contributed by atoms with van der Waals surface area (Å²) in [6.45, 7) is 4.08. The molecule has 1 aromatic heterocycles. The van der Waals surface area contributed by atoms with Crippen LogP contribution < -0.4 is 9.47 Å². The maximum atomic E-state index is 12.4. The van der Waals surface area contributed by atoms with E-state index in [1.807, 2.05) is 56.3 Å². The first-order chi connectivity index (χ1) is 13.5. The van der Waals surface area contributed by atoms with Crippen LogP contribution in [0.4, 0.5) is 0 Å². The smallest absolute Gasteiger partial charge is 0.260 e. The minimum atomic E-state index is -0.176. The van der Waals surface area contributed by atoms with E-state index in [2.05, 4.69) is 10.1 Å². The lowest BCUT2D eigenvalue weighted by molar-refractivity contribution is -0.132. The average Bonchev–Trinajstić information content (AvgIpc) is 3.16. The average molecular weight is 381 g/mol. The molecule has 0 saturated carbocycles. The second kappa shape index (κ2) is 8.56. The van der Waals surface area contributed by atoms with E-state index in [0.29, 0.717) is 17.5 Å². The Morgan fingerprint density at radius 2 is 1.89 bits per heavy atom. The highest BCUT2D eigenvalue weighted by molar-refractivity contribution is 5.77. The molecule has 3 aromatic rings. The van der Waals surface area contributed by atoms with Crippen LogP contribution in [0, 0.1) is 13.8 Å². The number of carbonyl (C=O) groups is 1. The van der Waals surface area contributed by atoms with Gasteiger partial charge in [-0.15, -0.1) is 0 Å². The van der Waals surface area contributed by atoms with Crippen molar-refractivity contribution in [3.8, 4) is 22.9 Å². The number of benzene rings is 2. The third-order valence-electron chi connectivity index (χ3n) is 4.31. The molecule has 0 bridgehead atoms. The molecule has 7 heteroatoms. The number of likely N-dealkylation sites (N-methyl/N-ethyl adjacent to an activating group) is 1. The van der Waals surface area contributed by atoms with Crippen LogP contribution in [0.25, 0.3) is 11.4 Å². The minimum absolute atomic E-state index is 0.0553. The molecule has 0 aliphatic rings. The molecule has 0 fully saturated rings. The quantitative estimate of drug-likeness (QED) is 0.624. The number of aryl methyl sites for hydroxylation is 2. The van der Waals surface area contributed by atoms with Crippen LogP contribution in [0.2, 0.25) is 0 Å². The molecule has 1 heterocycles. The molecule has 2 aromatic carbocycles. The normalized spacial score (nSPS) is 10.6. The molecule has 3 rings (SSSR count). The molecule has 1 amide bonds. The fraction of sp³-hybridized carbons (Fsp3) is 0.286. The highest BCUT2D eigenvalue weighted by Crippen LogP contribution is 2.21. The number of methoxy groups -OCH3 is 1. The molecule has 146 valence electrons. The minimum Gasteiger partial charge on any atom is -0.497 e. The predicted octanol–water partition coefficient (Wildman–Crippen LogP) is 3.40. The van der Waals surface area contributed by atoms with Crippen molar-refractivity contribution in [3.63, 3.8) is 0 Å². The van der Waals surface area contributed by atoms with Gasteiger partial charge < -0.3 is 18.9 Å². The molecular formula is C21H23N3O4. The second-order valence-electron chi connectivity index (χ2n) is 6.55. The summed E-state index contributed by atoms with van der Waals surface area (Å²) in [5.41, 5.74) is 2.88. The van der Waals surface area contributed by atoms with E-state index >= 15 is 0 Å². The molecule has 0 radical (unpaired) electrons. The standard InChI is InChI=1S/C21H23N3O4/c1-14-5-6-15(2)18(11-14)27-13-20(25)24(3)12-19-22-21(23-28-19)16-7-9-17(26-4)10-8-16/h5-11H,12-13H2,1-4H3. The number of carbonyl (C=O) groups excluding carboxylic acids is 1. The third-order valence-corrected chi connectivity index (χ3v) is 4.31. The molecule has 0 atom stereocenters. The van der Waals surface area contributed by atoms with Gasteiger partial charge in [0.25, 0.3) is 5.91 Å². The van der Waals surface area contributed by atoms with Gasteiger partial charge in [0.2, 0.25) is 11.7 Å². The highest BCUT2D eigenvalue weighted by atomic mass is 16.5. The summed E-state index contributed by atoms with van der Waals surface area (Å²) in [4.78, 5) is 18.2. The van der Waals surface area contributed by atoms with Crippen LogP contribution in [-0.4, -0.2) is 41.7 Å². The summed E-state index contributed by atoms with van der Waals surface area (Å²) in [7, 11) is 3.28. The number of rotatable bonds is 7. The Morgan fingerprint density at radius 1 is 1.14 bits per heavy atom. The van der Waals surface area contributed by atoms with Gasteiger partial charge in [0.05, 0.1) is 13.7 Å². The summed E-state index contributed by atoms with van der Waals surface area (Å²) < 4.78 is 16.1. The van der Waals surface area contributed by atoms with E-state index in [0.717, 1.165) is 22.4 Å². The first kappa shape index (κ1) is 19.4. The summed E-state index contributed by atoms with van der Waals surface area (Å²) in [6, 6.07) is 13.2. The summed E-state index contributed by atoms with van der Waals surface area (Å²) in [6.07, 6.45) is 0. The van der Waals surface area contributed by atoms with E-state index in [9.17, 15) is 4.79 Å². The Hall–Kier alpha value is -3.35. The first-order valence-electron chi connectivity index (χ1n) is 8.87. The molecule has 0 unspecified atom stereocenters. The van der Waals surface area contributed by atoms with Crippen LogP contribution in [0.3, 0.4) is 0 Å². The number of nitrogens with zero attached hydrogens (tertiary/aromatic N) is 3. The lowest BCUT2D eigenvalue weighted by atomic mass is 10.1. The molecule has 0 aliphatic carbocycles. The molecule has 28 heavy (non-hydrogen) atoms. The van der Waals surface area contributed by atoms with Gasteiger partial charge in [-0.05, 0) is 55.3 Å². The van der Waals surface area contributed by atoms with Crippen LogP contribution in [-0.2, 0) is 11.3 Å². The summed E-state index contributed by atoms with van der Waals surface area (Å²) in [5, 5.41) is 3.97. The van der Waals surface area contributed by atoms with E-state index in [-0.39, 0.29) is 19.1 Å². The van der Waals surface area contributed by atoms with Gasteiger partial charge in [0, 0.05) is 12.6 Å². The lowest BCUT2D eigenvalue weighted by Gasteiger charge is -2.16. The maximum Gasteiger partial charge on any atom is 0.260 e. The zero-order chi connectivity index (χ0) is 20.1. The fourth-order valence-electron chi connectivity index (χ4n) is 2.58. The summed E-state index contributed by atoms with van der Waals surface area (Å²) >= 11 is 0. The fourth-order valence-corrected chi connectivity index (χ4v) is 2.58. The van der Waals surface area contributed by atoms with E-state index in [1.165, 1.54) is 4.90 Å². The maximum absolute atomic E-state index is 12.4. The van der Waals surface area contributed by atoms with Crippen molar-refractivity contribution in [2.75, 3.05) is 20.8 Å². The van der Waals surface area contributed by atoms with Crippen LogP contribution in [0.5, 0.6) is 11.5 Å². The lowest BCUT2D eigenvalue weighted by Crippen LogP contribution is -2.31. The van der Waals surface area contributed by atoms with Crippen molar-refractivity contribution < 1.29 is 18.8 Å². The van der Waals surface area contributed by atoms with Gasteiger partial charge >= 0.3 is 0 Å². The van der Waals surface area contributed by atoms with Crippen LogP contribution in [0.15, 0.2) is 47.0 Å². The molecular weight excluding hydrogens is 358 g/mol. The largest absolute Gasteiger partial charge is 0.497 e. The van der Waals surface area contributed by atoms with E-state index in [1.54, 1.807) is 14.2 Å². The topological polar surface area (TPSA) is 77.7 Å². The van der Waals surface area contributed by atoms with E-state index < -0.39 is 0 Å². The van der Waals surface area contributed by atoms with Gasteiger partial charge in [-0.2, -0.15) is 4.98 Å². The van der Waals surface area contributed by atoms with Crippen LogP contribution >= 0.6 is 0 Å². The molecule has 0 spiro atoms. The Morgan fingerprint density at radius 3 is 2.61 bits per heavy atom. The monoisotopic (exact) mass is 381 g/mol. The van der Waals surface area contributed by atoms with Gasteiger partial charge in [-0.3, -0.25) is 4.79 Å². The number of amides is 1. The summed E-state index contributed by atoms with van der Waals surface area (Å²) in [5.74, 6) is 2.10. The van der Waals surface area contributed by atoms with Gasteiger partial charge in [-0.1, -0.05) is 17.3 Å². The Bertz CT molecular complexity index is 951. The van der Waals surface area contributed by atoms with Crippen molar-refractivity contribution in [2.24, 2.45) is 0 Å². The zero-order valence-electron chi connectivity index (χ0n) is 16.4. The molecule has 0 aliphatic heterocycles. The second-order valence-corrected chi connectivity index (χ2v) is 6.55. The van der Waals surface area contributed by atoms with Crippen molar-refractivity contribution in [1.82, 2.24) is 15.0 Å². The van der Waals surface area contributed by atoms with Gasteiger partial charge in [-0.25, -0.2) is 0 Å². The molecule has 7 nitrogen and oxygen atoms in total. The zero-order valence-corrected chi connectivity index (χ0v) is 16.4. The Labute approximate surface area is 163 Å². The predicted molar refractivity (Wildman–Crippen MR) is 104 cm³/mol. The number of ether oxygens (including phenoxy) is 2. The molecule has 0 N–H and O–H groups in total. The van der Waals surface area contributed by atoms with E-state index in [4.69, 9.17) is 14.0 Å². The highest BCUT2D eigenvalue weighted by Gasteiger charge is 2.16. The number of aromatic nitrogens is 2. The van der Waals surface area contributed by atoms with Gasteiger partial charge in [0.1, 0.15) is 11.5 Å². The molecule has 0 saturated heterocycles. The number of hydrogen-bond donors (Lipinski definition) is 0. The van der Waals surface area contributed by atoms with Crippen molar-refractivity contribution >= 4 is 5.91 Å². The van der Waals surface area contributed by atoms with Crippen molar-refractivity contribution in [1.29, 1.82) is 0 Å². The first-order valence-corrected chi connectivity index (χ1v) is 8.87. The Balaban J connectivity index is 1.58. The van der Waals surface area contributed by atoms with Gasteiger partial charge in [0.15, 0.2) is 6.61 Å². The third kappa shape index (κ3) is 4.68. The SMILES string of the molecule is COc1ccc(-c2noc(CN(C)C(=O)COc3cc(C)ccc3C)n2)cc1. The Kier molecular flexibility index (Phi) is 5.93. The van der Waals surface area contributed by atoms with Crippen LogP contribution in [0.1, 0.15) is 17.0 Å². The number of hydrogen-bond acceptors (Lipinski definition) is 6. The van der Waals surface area contributed by atoms with Crippen molar-refractivity contribution in [3.05, 3.63) is 59.5 Å².